The lowest BCUT2D eigenvalue weighted by molar-refractivity contribution is -0.0883. The van der Waals surface area contributed by atoms with Crippen LogP contribution in [0.25, 0.3) is 0 Å². The second-order valence-electron chi connectivity index (χ2n) is 6.08. The lowest BCUT2D eigenvalue weighted by atomic mass is 9.84. The molecule has 1 heterocycles. The number of hydrogen-bond donors (Lipinski definition) is 1. The highest BCUT2D eigenvalue weighted by molar-refractivity contribution is 6.42. The molecule has 0 saturated carbocycles. The summed E-state index contributed by atoms with van der Waals surface area (Å²) in [5, 5.41) is 4.89. The van der Waals surface area contributed by atoms with Crippen molar-refractivity contribution in [1.29, 1.82) is 0 Å². The zero-order valence-electron chi connectivity index (χ0n) is 12.9. The Labute approximate surface area is 138 Å². The van der Waals surface area contributed by atoms with E-state index in [1.54, 1.807) is 0 Å². The lowest BCUT2D eigenvalue weighted by Crippen LogP contribution is -2.53. The molecule has 2 unspecified atom stereocenters. The molecule has 0 aromatic heterocycles. The third-order valence-corrected chi connectivity index (χ3v) is 5.04. The van der Waals surface area contributed by atoms with Gasteiger partial charge >= 0.3 is 0 Å². The van der Waals surface area contributed by atoms with Crippen molar-refractivity contribution in [2.24, 2.45) is 0 Å². The van der Waals surface area contributed by atoms with Crippen molar-refractivity contribution in [3.05, 3.63) is 33.8 Å². The number of ether oxygens (including phenoxy) is 1. The standard InChI is InChI=1S/C17H25Cl2NO/c1-3-9-20-16(17(2)8-4-5-10-21-17)12-13-6-7-14(18)15(19)11-13/h6-7,11,16,20H,3-5,8-10,12H2,1-2H3. The summed E-state index contributed by atoms with van der Waals surface area (Å²) in [6, 6.07) is 6.20. The van der Waals surface area contributed by atoms with Crippen LogP contribution in [0.15, 0.2) is 18.2 Å². The molecule has 0 radical (unpaired) electrons. The maximum atomic E-state index is 6.14. The normalized spacial score (nSPS) is 24.0. The SMILES string of the molecule is CCCNC(Cc1ccc(Cl)c(Cl)c1)C1(C)CCCCO1. The van der Waals surface area contributed by atoms with Gasteiger partial charge in [0.15, 0.2) is 0 Å². The molecular weight excluding hydrogens is 305 g/mol. The van der Waals surface area contributed by atoms with Gasteiger partial charge in [0.1, 0.15) is 0 Å². The Balaban J connectivity index is 2.13. The predicted molar refractivity (Wildman–Crippen MR) is 90.5 cm³/mol. The molecule has 1 aliphatic heterocycles. The molecule has 21 heavy (non-hydrogen) atoms. The van der Waals surface area contributed by atoms with Crippen LogP contribution in [-0.4, -0.2) is 24.8 Å². The van der Waals surface area contributed by atoms with E-state index < -0.39 is 0 Å². The molecule has 1 aromatic rings. The summed E-state index contributed by atoms with van der Waals surface area (Å²) in [6.07, 6.45) is 5.54. The summed E-state index contributed by atoms with van der Waals surface area (Å²) in [4.78, 5) is 0. The lowest BCUT2D eigenvalue weighted by Gasteiger charge is -2.41. The number of hydrogen-bond acceptors (Lipinski definition) is 2. The average molecular weight is 330 g/mol. The molecule has 118 valence electrons. The van der Waals surface area contributed by atoms with Crippen LogP contribution in [0.5, 0.6) is 0 Å². The van der Waals surface area contributed by atoms with E-state index in [0.717, 1.165) is 32.4 Å². The van der Waals surface area contributed by atoms with E-state index in [4.69, 9.17) is 27.9 Å². The Morgan fingerprint density at radius 3 is 2.71 bits per heavy atom. The smallest absolute Gasteiger partial charge is 0.0810 e. The van der Waals surface area contributed by atoms with Crippen LogP contribution in [0.2, 0.25) is 10.0 Å². The van der Waals surface area contributed by atoms with Crippen LogP contribution in [0.3, 0.4) is 0 Å². The molecule has 1 aromatic carbocycles. The van der Waals surface area contributed by atoms with Gasteiger partial charge in [0.05, 0.1) is 15.6 Å². The van der Waals surface area contributed by atoms with Gasteiger partial charge in [0.25, 0.3) is 0 Å². The van der Waals surface area contributed by atoms with Gasteiger partial charge < -0.3 is 10.1 Å². The molecule has 1 N–H and O–H groups in total. The van der Waals surface area contributed by atoms with Gasteiger partial charge in [-0.2, -0.15) is 0 Å². The molecule has 2 rings (SSSR count). The maximum absolute atomic E-state index is 6.14. The third-order valence-electron chi connectivity index (χ3n) is 4.30. The Bertz CT molecular complexity index is 458. The second kappa shape index (κ2) is 7.82. The van der Waals surface area contributed by atoms with E-state index >= 15 is 0 Å². The predicted octanol–water partition coefficient (Wildman–Crippen LogP) is 4.86. The molecule has 1 fully saturated rings. The van der Waals surface area contributed by atoms with Gasteiger partial charge in [0, 0.05) is 12.6 Å². The van der Waals surface area contributed by atoms with Gasteiger partial charge in [-0.1, -0.05) is 36.2 Å². The van der Waals surface area contributed by atoms with Crippen molar-refractivity contribution >= 4 is 23.2 Å². The first-order valence-corrected chi connectivity index (χ1v) is 8.62. The molecule has 2 atom stereocenters. The second-order valence-corrected chi connectivity index (χ2v) is 6.89. The van der Waals surface area contributed by atoms with E-state index in [2.05, 4.69) is 25.2 Å². The van der Waals surface area contributed by atoms with Gasteiger partial charge in [-0.15, -0.1) is 0 Å². The van der Waals surface area contributed by atoms with Crippen LogP contribution in [0, 0.1) is 0 Å². The molecule has 2 nitrogen and oxygen atoms in total. The Morgan fingerprint density at radius 1 is 1.29 bits per heavy atom. The number of halogens is 2. The quantitative estimate of drug-likeness (QED) is 0.804. The summed E-state index contributed by atoms with van der Waals surface area (Å²) in [5.41, 5.74) is 1.10. The first-order chi connectivity index (χ1) is 10.0. The number of benzene rings is 1. The van der Waals surface area contributed by atoms with E-state index in [0.29, 0.717) is 16.1 Å². The minimum absolute atomic E-state index is 0.0977. The highest BCUT2D eigenvalue weighted by atomic mass is 35.5. The maximum Gasteiger partial charge on any atom is 0.0810 e. The van der Waals surface area contributed by atoms with Crippen molar-refractivity contribution in [3.8, 4) is 0 Å². The van der Waals surface area contributed by atoms with E-state index in [1.165, 1.54) is 18.4 Å². The molecule has 0 aliphatic carbocycles. The van der Waals surface area contributed by atoms with Crippen LogP contribution in [0.4, 0.5) is 0 Å². The molecule has 0 amide bonds. The fourth-order valence-corrected chi connectivity index (χ4v) is 3.28. The Morgan fingerprint density at radius 2 is 2.10 bits per heavy atom. The first-order valence-electron chi connectivity index (χ1n) is 7.86. The zero-order chi connectivity index (χ0) is 15.3. The van der Waals surface area contributed by atoms with E-state index in [9.17, 15) is 0 Å². The van der Waals surface area contributed by atoms with Gasteiger partial charge in [-0.05, 0) is 63.3 Å². The largest absolute Gasteiger partial charge is 0.374 e. The highest BCUT2D eigenvalue weighted by Crippen LogP contribution is 2.31. The fourth-order valence-electron chi connectivity index (χ4n) is 2.96. The summed E-state index contributed by atoms with van der Waals surface area (Å²) in [5.74, 6) is 0. The average Bonchev–Trinajstić information content (AvgIpc) is 2.47. The van der Waals surface area contributed by atoms with Crippen molar-refractivity contribution in [3.63, 3.8) is 0 Å². The van der Waals surface area contributed by atoms with Crippen LogP contribution in [0.1, 0.15) is 45.1 Å². The minimum atomic E-state index is -0.0977. The summed E-state index contributed by atoms with van der Waals surface area (Å²) < 4.78 is 6.13. The molecule has 0 bridgehead atoms. The molecule has 0 spiro atoms. The minimum Gasteiger partial charge on any atom is -0.374 e. The molecule has 4 heteroatoms. The molecular formula is C17H25Cl2NO. The summed E-state index contributed by atoms with van der Waals surface area (Å²) >= 11 is 12.1. The third kappa shape index (κ3) is 4.59. The molecule has 1 aliphatic rings. The van der Waals surface area contributed by atoms with Crippen molar-refractivity contribution in [2.75, 3.05) is 13.2 Å². The van der Waals surface area contributed by atoms with Crippen molar-refractivity contribution < 1.29 is 4.74 Å². The monoisotopic (exact) mass is 329 g/mol. The van der Waals surface area contributed by atoms with Gasteiger partial charge in [-0.25, -0.2) is 0 Å². The summed E-state index contributed by atoms with van der Waals surface area (Å²) in [7, 11) is 0. The molecule has 1 saturated heterocycles. The Kier molecular flexibility index (Phi) is 6.36. The summed E-state index contributed by atoms with van der Waals surface area (Å²) in [6.45, 7) is 6.29. The van der Waals surface area contributed by atoms with Gasteiger partial charge in [0.2, 0.25) is 0 Å². The first kappa shape index (κ1) is 17.1. The van der Waals surface area contributed by atoms with Crippen LogP contribution in [-0.2, 0) is 11.2 Å². The van der Waals surface area contributed by atoms with E-state index in [-0.39, 0.29) is 5.60 Å². The Hall–Kier alpha value is -0.280. The fraction of sp³-hybridized carbons (Fsp3) is 0.647. The van der Waals surface area contributed by atoms with Crippen LogP contribution >= 0.6 is 23.2 Å². The van der Waals surface area contributed by atoms with E-state index in [1.807, 2.05) is 12.1 Å². The van der Waals surface area contributed by atoms with Crippen LogP contribution < -0.4 is 5.32 Å². The zero-order valence-corrected chi connectivity index (χ0v) is 14.4. The topological polar surface area (TPSA) is 21.3 Å². The van der Waals surface area contributed by atoms with Crippen molar-refractivity contribution in [2.45, 2.75) is 57.6 Å². The van der Waals surface area contributed by atoms with Crippen molar-refractivity contribution in [1.82, 2.24) is 5.32 Å². The number of rotatable bonds is 6. The number of nitrogens with one attached hydrogen (secondary N) is 1. The highest BCUT2D eigenvalue weighted by Gasteiger charge is 2.36. The van der Waals surface area contributed by atoms with Gasteiger partial charge in [-0.3, -0.25) is 0 Å².